The lowest BCUT2D eigenvalue weighted by Gasteiger charge is -2.39. The Kier molecular flexibility index (Phi) is 10.6. The predicted molar refractivity (Wildman–Crippen MR) is 180 cm³/mol. The summed E-state index contributed by atoms with van der Waals surface area (Å²) in [4.78, 5) is 31.0. The second kappa shape index (κ2) is 14.9. The van der Waals surface area contributed by atoms with Crippen LogP contribution in [0.3, 0.4) is 0 Å². The number of aromatic nitrogens is 2. The lowest BCUT2D eigenvalue weighted by Crippen LogP contribution is -2.50. The van der Waals surface area contributed by atoms with Gasteiger partial charge in [-0.05, 0) is 61.2 Å². The molecule has 0 amide bonds. The topological polar surface area (TPSA) is 92.3 Å². The van der Waals surface area contributed by atoms with Gasteiger partial charge in [0.25, 0.3) is 5.56 Å². The molecule has 6 rings (SSSR count). The normalized spacial score (nSPS) is 16.3. The van der Waals surface area contributed by atoms with Crippen molar-refractivity contribution in [3.05, 3.63) is 138 Å². The lowest BCUT2D eigenvalue weighted by atomic mass is 9.85. The number of alkyl halides is 3. The van der Waals surface area contributed by atoms with Crippen molar-refractivity contribution in [3.8, 4) is 6.07 Å². The zero-order chi connectivity index (χ0) is 35.5. The van der Waals surface area contributed by atoms with E-state index < -0.39 is 52.6 Å². The molecule has 1 N–H and O–H groups in total. The molecule has 0 saturated carbocycles. The van der Waals surface area contributed by atoms with Crippen LogP contribution < -0.4 is 16.6 Å². The zero-order valence-electron chi connectivity index (χ0n) is 27.2. The van der Waals surface area contributed by atoms with Gasteiger partial charge in [-0.25, -0.2) is 9.18 Å². The van der Waals surface area contributed by atoms with Crippen LogP contribution in [0.15, 0.2) is 82.4 Å². The van der Waals surface area contributed by atoms with E-state index in [1.165, 1.54) is 0 Å². The Balaban J connectivity index is 1.43. The number of ether oxygens (including phenoxy) is 1. The van der Waals surface area contributed by atoms with E-state index in [4.69, 9.17) is 21.6 Å². The van der Waals surface area contributed by atoms with Crippen LogP contribution in [0, 0.1) is 17.1 Å². The summed E-state index contributed by atoms with van der Waals surface area (Å²) in [6.07, 6.45) is -3.25. The molecule has 262 valence electrons. The van der Waals surface area contributed by atoms with Gasteiger partial charge in [-0.1, -0.05) is 60.1 Å². The van der Waals surface area contributed by atoms with Gasteiger partial charge in [-0.2, -0.15) is 18.4 Å². The number of nitrogens with one attached hydrogen (secondary N) is 1. The average molecular weight is 710 g/mol. The minimum Gasteiger partial charge on any atom is -0.364 e. The van der Waals surface area contributed by atoms with E-state index >= 15 is 4.39 Å². The fourth-order valence-electron chi connectivity index (χ4n) is 7.05. The molecule has 1 spiro atoms. The Labute approximate surface area is 291 Å². The summed E-state index contributed by atoms with van der Waals surface area (Å²) in [6, 6.07) is 20.9. The zero-order valence-corrected chi connectivity index (χ0v) is 27.9. The van der Waals surface area contributed by atoms with Crippen molar-refractivity contribution in [2.24, 2.45) is 0 Å². The molecular weight excluding hydrogens is 674 g/mol. The van der Waals surface area contributed by atoms with Gasteiger partial charge in [-0.3, -0.25) is 18.8 Å². The fraction of sp³-hybridized carbons (Fsp3) is 0.378. The van der Waals surface area contributed by atoms with Gasteiger partial charge in [0.15, 0.2) is 0 Å². The van der Waals surface area contributed by atoms with Gasteiger partial charge in [0.2, 0.25) is 0 Å². The highest BCUT2D eigenvalue weighted by Gasteiger charge is 2.47. The van der Waals surface area contributed by atoms with E-state index in [-0.39, 0.29) is 24.4 Å². The number of nitrogens with zero attached hydrogens (tertiary/aromatic N) is 4. The number of likely N-dealkylation sites (tertiary alicyclic amines) is 1. The first-order chi connectivity index (χ1) is 24.0. The smallest absolute Gasteiger partial charge is 0.364 e. The third-order valence-corrected chi connectivity index (χ3v) is 9.83. The van der Waals surface area contributed by atoms with Gasteiger partial charge in [0.1, 0.15) is 11.4 Å². The van der Waals surface area contributed by atoms with Crippen molar-refractivity contribution >= 4 is 11.6 Å². The maximum absolute atomic E-state index is 15.2. The number of rotatable bonds is 11. The Morgan fingerprint density at radius 3 is 2.42 bits per heavy atom. The molecule has 3 heterocycles. The molecule has 13 heteroatoms. The quantitative estimate of drug-likeness (QED) is 0.141. The molecule has 50 heavy (non-hydrogen) atoms. The standard InChI is InChI=1S/C37H36ClF4N5O3/c38-27-11-6-8-25(20-27)21-45-18-14-36(15-19-45)33-32(24-50-36)46(22-28-29(37(40,41)42)12-7-13-30(28)39)35(49)47(34(33)48)23-31(44-17-5-4-16-43)26-9-2-1-3-10-26/h1-3,6-13,20,31,44H,4-5,14-15,17-19,21-24H2/t31-/m0/s1. The molecular formula is C37H36ClF4N5O3. The Bertz CT molecular complexity index is 2000. The van der Waals surface area contributed by atoms with Gasteiger partial charge in [0.05, 0.1) is 48.6 Å². The van der Waals surface area contributed by atoms with Crippen molar-refractivity contribution in [1.29, 1.82) is 5.26 Å². The van der Waals surface area contributed by atoms with Crippen LogP contribution in [-0.4, -0.2) is 33.7 Å². The average Bonchev–Trinajstić information content (AvgIpc) is 3.46. The highest BCUT2D eigenvalue weighted by Crippen LogP contribution is 2.43. The minimum atomic E-state index is -4.88. The van der Waals surface area contributed by atoms with E-state index in [2.05, 4.69) is 16.3 Å². The summed E-state index contributed by atoms with van der Waals surface area (Å²) in [7, 11) is 0. The molecule has 0 bridgehead atoms. The van der Waals surface area contributed by atoms with Crippen molar-refractivity contribution in [1.82, 2.24) is 19.4 Å². The van der Waals surface area contributed by atoms with Crippen LogP contribution in [0.1, 0.15) is 65.2 Å². The van der Waals surface area contributed by atoms with E-state index in [9.17, 15) is 22.8 Å². The molecule has 1 saturated heterocycles. The van der Waals surface area contributed by atoms with E-state index in [1.807, 2.05) is 48.5 Å². The van der Waals surface area contributed by atoms with Gasteiger partial charge in [0, 0.05) is 36.6 Å². The largest absolute Gasteiger partial charge is 0.416 e. The lowest BCUT2D eigenvalue weighted by molar-refractivity contribution is -0.138. The van der Waals surface area contributed by atoms with Crippen molar-refractivity contribution in [3.63, 3.8) is 0 Å². The molecule has 8 nitrogen and oxygen atoms in total. The van der Waals surface area contributed by atoms with E-state index in [0.717, 1.165) is 38.5 Å². The third kappa shape index (κ3) is 7.42. The fourth-order valence-corrected chi connectivity index (χ4v) is 7.27. The van der Waals surface area contributed by atoms with E-state index in [1.54, 1.807) is 6.07 Å². The second-order valence-electron chi connectivity index (χ2n) is 12.7. The molecule has 0 unspecified atom stereocenters. The molecule has 1 fully saturated rings. The van der Waals surface area contributed by atoms with E-state index in [0.29, 0.717) is 56.9 Å². The summed E-state index contributed by atoms with van der Waals surface area (Å²) < 4.78 is 66.0. The summed E-state index contributed by atoms with van der Waals surface area (Å²) in [5.41, 5.74) is -2.22. The number of unbranched alkanes of at least 4 members (excludes halogenated alkanes) is 1. The predicted octanol–water partition coefficient (Wildman–Crippen LogP) is 6.53. The van der Waals surface area contributed by atoms with Crippen molar-refractivity contribution in [2.75, 3.05) is 19.6 Å². The van der Waals surface area contributed by atoms with Crippen LogP contribution in [-0.2, 0) is 42.8 Å². The number of fused-ring (bicyclic) bond motifs is 2. The molecule has 1 aromatic heterocycles. The number of hydrogen-bond acceptors (Lipinski definition) is 6. The van der Waals surface area contributed by atoms with Crippen LogP contribution in [0.25, 0.3) is 0 Å². The van der Waals surface area contributed by atoms with Crippen LogP contribution in [0.2, 0.25) is 5.02 Å². The minimum absolute atomic E-state index is 0.151. The summed E-state index contributed by atoms with van der Waals surface area (Å²) >= 11 is 6.19. The maximum Gasteiger partial charge on any atom is 0.416 e. The van der Waals surface area contributed by atoms with Crippen LogP contribution >= 0.6 is 11.6 Å². The number of halogens is 5. The molecule has 2 aliphatic heterocycles. The van der Waals surface area contributed by atoms with Crippen LogP contribution in [0.4, 0.5) is 17.6 Å². The van der Waals surface area contributed by atoms with Gasteiger partial charge in [-0.15, -0.1) is 0 Å². The molecule has 0 radical (unpaired) electrons. The number of benzene rings is 3. The highest BCUT2D eigenvalue weighted by atomic mass is 35.5. The molecule has 1 atom stereocenters. The Hall–Kier alpha value is -4.28. The summed E-state index contributed by atoms with van der Waals surface area (Å²) in [5.74, 6) is -1.11. The Morgan fingerprint density at radius 1 is 0.980 bits per heavy atom. The molecule has 0 aliphatic carbocycles. The molecule has 3 aromatic carbocycles. The SMILES string of the molecule is N#CCCCN[C@@H](Cn1c(=O)c2c(n(Cc3c(F)cccc3C(F)(F)F)c1=O)COC21CCN(Cc2cccc(Cl)c2)CC1)c1ccccc1. The number of hydrogen-bond donors (Lipinski definition) is 1. The second-order valence-corrected chi connectivity index (χ2v) is 13.2. The first kappa shape index (κ1) is 35.5. The van der Waals surface area contributed by atoms with Crippen molar-refractivity contribution < 1.29 is 22.3 Å². The Morgan fingerprint density at radius 2 is 1.72 bits per heavy atom. The third-order valence-electron chi connectivity index (χ3n) is 9.60. The monoisotopic (exact) mass is 709 g/mol. The first-order valence-corrected chi connectivity index (χ1v) is 16.9. The van der Waals surface area contributed by atoms with Gasteiger partial charge < -0.3 is 10.1 Å². The summed E-state index contributed by atoms with van der Waals surface area (Å²) in [6.45, 7) is 1.06. The van der Waals surface area contributed by atoms with Crippen molar-refractivity contribution in [2.45, 2.75) is 69.7 Å². The summed E-state index contributed by atoms with van der Waals surface area (Å²) in [5, 5.41) is 13.0. The number of nitriles is 1. The van der Waals surface area contributed by atoms with Crippen LogP contribution in [0.5, 0.6) is 0 Å². The number of piperidine rings is 1. The maximum atomic E-state index is 15.2. The first-order valence-electron chi connectivity index (χ1n) is 16.5. The highest BCUT2D eigenvalue weighted by molar-refractivity contribution is 6.30. The molecule has 2 aliphatic rings. The van der Waals surface area contributed by atoms with Gasteiger partial charge >= 0.3 is 11.9 Å². The molecule has 4 aromatic rings.